The first-order valence-electron chi connectivity index (χ1n) is 5.27. The minimum Gasteiger partial charge on any atom is -0.393 e. The molecular formula is C11H16BrNO3S. The lowest BCUT2D eigenvalue weighted by atomic mass is 10.2. The largest absolute Gasteiger partial charge is 0.393 e. The van der Waals surface area contributed by atoms with Gasteiger partial charge in [-0.1, -0.05) is 6.07 Å². The van der Waals surface area contributed by atoms with Gasteiger partial charge < -0.3 is 5.11 Å². The Balaban J connectivity index is 2.83. The Bertz CT molecular complexity index is 485. The van der Waals surface area contributed by atoms with Crippen LogP contribution < -0.4 is 4.72 Å². The second kappa shape index (κ2) is 5.95. The van der Waals surface area contributed by atoms with Crippen molar-refractivity contribution in [1.82, 2.24) is 4.72 Å². The molecule has 6 heteroatoms. The number of benzene rings is 1. The number of sulfonamides is 1. The number of nitrogens with one attached hydrogen (secondary N) is 1. The summed E-state index contributed by atoms with van der Waals surface area (Å²) in [5.41, 5.74) is 0.986. The molecule has 0 heterocycles. The monoisotopic (exact) mass is 321 g/mol. The molecule has 0 saturated carbocycles. The van der Waals surface area contributed by atoms with E-state index >= 15 is 0 Å². The van der Waals surface area contributed by atoms with E-state index in [4.69, 9.17) is 5.11 Å². The fraction of sp³-hybridized carbons (Fsp3) is 0.455. The summed E-state index contributed by atoms with van der Waals surface area (Å²) in [6, 6.07) is 5.06. The maximum Gasteiger partial charge on any atom is 0.241 e. The molecule has 96 valence electrons. The minimum atomic E-state index is -3.51. The van der Waals surface area contributed by atoms with E-state index in [2.05, 4.69) is 20.7 Å². The summed E-state index contributed by atoms with van der Waals surface area (Å²) < 4.78 is 26.8. The molecule has 0 bridgehead atoms. The molecule has 0 aliphatic heterocycles. The van der Waals surface area contributed by atoms with Gasteiger partial charge in [0, 0.05) is 11.0 Å². The molecule has 0 fully saturated rings. The lowest BCUT2D eigenvalue weighted by molar-refractivity contribution is 0.186. The van der Waals surface area contributed by atoms with Gasteiger partial charge in [-0.15, -0.1) is 0 Å². The lowest BCUT2D eigenvalue weighted by Gasteiger charge is -2.09. The van der Waals surface area contributed by atoms with Crippen LogP contribution in [0.1, 0.15) is 18.9 Å². The van der Waals surface area contributed by atoms with E-state index in [-0.39, 0.29) is 11.4 Å². The van der Waals surface area contributed by atoms with Gasteiger partial charge in [0.25, 0.3) is 0 Å². The summed E-state index contributed by atoms with van der Waals surface area (Å²) in [5.74, 6) is 0. The highest BCUT2D eigenvalue weighted by Gasteiger charge is 2.16. The molecule has 2 N–H and O–H groups in total. The summed E-state index contributed by atoms with van der Waals surface area (Å²) in [6.07, 6.45) is -0.123. The Morgan fingerprint density at radius 3 is 2.65 bits per heavy atom. The van der Waals surface area contributed by atoms with Gasteiger partial charge in [0.15, 0.2) is 0 Å². The summed E-state index contributed by atoms with van der Waals surface area (Å²) in [6.45, 7) is 3.73. The molecular weight excluding hydrogens is 306 g/mol. The standard InChI is InChI=1S/C11H16BrNO3S/c1-8-3-4-11(10(12)7-8)17(15,16)13-6-5-9(2)14/h3-4,7,9,13-14H,5-6H2,1-2H3. The summed E-state index contributed by atoms with van der Waals surface area (Å²) >= 11 is 3.24. The Kier molecular flexibility index (Phi) is 5.12. The first-order valence-corrected chi connectivity index (χ1v) is 7.54. The summed E-state index contributed by atoms with van der Waals surface area (Å²) in [4.78, 5) is 0.216. The topological polar surface area (TPSA) is 66.4 Å². The second-order valence-electron chi connectivity index (χ2n) is 3.97. The van der Waals surface area contributed by atoms with Crippen LogP contribution in [-0.2, 0) is 10.0 Å². The highest BCUT2D eigenvalue weighted by Crippen LogP contribution is 2.22. The van der Waals surface area contributed by atoms with Crippen molar-refractivity contribution in [2.45, 2.75) is 31.3 Å². The van der Waals surface area contributed by atoms with Crippen molar-refractivity contribution in [1.29, 1.82) is 0 Å². The number of aliphatic hydroxyl groups is 1. The SMILES string of the molecule is Cc1ccc(S(=O)(=O)NCCC(C)O)c(Br)c1. The lowest BCUT2D eigenvalue weighted by Crippen LogP contribution is -2.27. The average molecular weight is 322 g/mol. The van der Waals surface area contributed by atoms with Crippen molar-refractivity contribution in [3.63, 3.8) is 0 Å². The summed E-state index contributed by atoms with van der Waals surface area (Å²) in [7, 11) is -3.51. The van der Waals surface area contributed by atoms with E-state index in [1.165, 1.54) is 0 Å². The van der Waals surface area contributed by atoms with E-state index < -0.39 is 16.1 Å². The van der Waals surface area contributed by atoms with Crippen molar-refractivity contribution >= 4 is 26.0 Å². The molecule has 0 saturated heterocycles. The van der Waals surface area contributed by atoms with E-state index in [1.54, 1.807) is 25.1 Å². The van der Waals surface area contributed by atoms with Crippen LogP contribution in [0.3, 0.4) is 0 Å². The van der Waals surface area contributed by atoms with Gasteiger partial charge in [-0.2, -0.15) is 0 Å². The van der Waals surface area contributed by atoms with E-state index in [0.717, 1.165) is 5.56 Å². The Morgan fingerprint density at radius 2 is 2.12 bits per heavy atom. The number of aliphatic hydroxyl groups excluding tert-OH is 1. The number of hydrogen-bond donors (Lipinski definition) is 2. The third kappa shape index (κ3) is 4.39. The van der Waals surface area contributed by atoms with Crippen LogP contribution >= 0.6 is 15.9 Å². The Hall–Kier alpha value is -0.430. The van der Waals surface area contributed by atoms with E-state index in [0.29, 0.717) is 10.9 Å². The molecule has 0 amide bonds. The zero-order valence-electron chi connectivity index (χ0n) is 9.77. The molecule has 1 unspecified atom stereocenters. The molecule has 0 radical (unpaired) electrons. The van der Waals surface area contributed by atoms with Crippen LogP contribution in [0.15, 0.2) is 27.6 Å². The van der Waals surface area contributed by atoms with Crippen LogP contribution in [0.5, 0.6) is 0 Å². The van der Waals surface area contributed by atoms with Crippen molar-refractivity contribution in [2.24, 2.45) is 0 Å². The number of rotatable bonds is 5. The van der Waals surface area contributed by atoms with Crippen LogP contribution in [0.4, 0.5) is 0 Å². The molecule has 0 aliphatic carbocycles. The molecule has 0 aliphatic rings. The highest BCUT2D eigenvalue weighted by atomic mass is 79.9. The Morgan fingerprint density at radius 1 is 1.47 bits per heavy atom. The van der Waals surface area contributed by atoms with Crippen molar-refractivity contribution < 1.29 is 13.5 Å². The zero-order chi connectivity index (χ0) is 13.1. The number of halogens is 1. The van der Waals surface area contributed by atoms with Crippen LogP contribution in [0.25, 0.3) is 0 Å². The van der Waals surface area contributed by atoms with Crippen molar-refractivity contribution in [3.05, 3.63) is 28.2 Å². The maximum atomic E-state index is 11.9. The first-order chi connectivity index (χ1) is 7.83. The predicted molar refractivity (Wildman–Crippen MR) is 70.4 cm³/mol. The van der Waals surface area contributed by atoms with Gasteiger partial charge in [0.05, 0.1) is 11.0 Å². The fourth-order valence-electron chi connectivity index (χ4n) is 1.30. The smallest absolute Gasteiger partial charge is 0.241 e. The molecule has 1 aromatic carbocycles. The highest BCUT2D eigenvalue weighted by molar-refractivity contribution is 9.10. The first kappa shape index (κ1) is 14.6. The van der Waals surface area contributed by atoms with Crippen molar-refractivity contribution in [3.8, 4) is 0 Å². The minimum absolute atomic E-state index is 0.216. The van der Waals surface area contributed by atoms with Gasteiger partial charge >= 0.3 is 0 Å². The maximum absolute atomic E-state index is 11.9. The average Bonchev–Trinajstić information content (AvgIpc) is 2.15. The van der Waals surface area contributed by atoms with Gasteiger partial charge in [0.2, 0.25) is 10.0 Å². The van der Waals surface area contributed by atoms with Crippen LogP contribution in [0.2, 0.25) is 0 Å². The number of aryl methyl sites for hydroxylation is 1. The van der Waals surface area contributed by atoms with Crippen LogP contribution in [0, 0.1) is 6.92 Å². The molecule has 0 spiro atoms. The second-order valence-corrected chi connectivity index (χ2v) is 6.56. The third-order valence-corrected chi connectivity index (χ3v) is 4.67. The molecule has 1 atom stereocenters. The quantitative estimate of drug-likeness (QED) is 0.869. The molecule has 1 rings (SSSR count). The Labute approximate surface area is 110 Å². The summed E-state index contributed by atoms with van der Waals surface area (Å²) in [5, 5.41) is 9.07. The molecule has 1 aromatic rings. The van der Waals surface area contributed by atoms with Gasteiger partial charge in [0.1, 0.15) is 0 Å². The molecule has 17 heavy (non-hydrogen) atoms. The van der Waals surface area contributed by atoms with E-state index in [9.17, 15) is 8.42 Å². The van der Waals surface area contributed by atoms with Gasteiger partial charge in [-0.25, -0.2) is 13.1 Å². The van der Waals surface area contributed by atoms with Gasteiger partial charge in [-0.05, 0) is 53.9 Å². The van der Waals surface area contributed by atoms with Crippen LogP contribution in [-0.4, -0.2) is 26.2 Å². The predicted octanol–water partition coefficient (Wildman–Crippen LogP) is 1.81. The zero-order valence-corrected chi connectivity index (χ0v) is 12.2. The fourth-order valence-corrected chi connectivity index (χ4v) is 3.54. The van der Waals surface area contributed by atoms with Crippen molar-refractivity contribution in [2.75, 3.05) is 6.54 Å². The molecule has 4 nitrogen and oxygen atoms in total. The number of hydrogen-bond acceptors (Lipinski definition) is 3. The molecule has 0 aromatic heterocycles. The van der Waals surface area contributed by atoms with E-state index in [1.807, 2.05) is 6.92 Å². The van der Waals surface area contributed by atoms with Gasteiger partial charge in [-0.3, -0.25) is 0 Å². The normalized spacial score (nSPS) is 13.6. The third-order valence-electron chi connectivity index (χ3n) is 2.23.